The van der Waals surface area contributed by atoms with E-state index in [-0.39, 0.29) is 34.4 Å². The van der Waals surface area contributed by atoms with Crippen LogP contribution in [-0.4, -0.2) is 61.2 Å². The highest BCUT2D eigenvalue weighted by Crippen LogP contribution is 2.68. The molecular weight excluding hydrogens is 614 g/mol. The minimum absolute atomic E-state index is 0.0461. The summed E-state index contributed by atoms with van der Waals surface area (Å²) in [5.74, 6) is -2.07. The summed E-state index contributed by atoms with van der Waals surface area (Å²) in [6.45, 7) is 3.59. The Hall–Kier alpha value is -3.14. The molecule has 3 aromatic rings. The Morgan fingerprint density at radius 3 is 2.26 bits per heavy atom. The SMILES string of the molecule is Cc1cccc(C)c1NC(=O)C1N([C@@H](CO)Cc2ccccc2)C(=O)[C@@H]2[C@H](C(=O)Nc3ccccc3)[C@H]3SC12CC3Br. The molecule has 6 rings (SSSR count). The number of rotatable bonds is 8. The highest BCUT2D eigenvalue weighted by atomic mass is 79.9. The monoisotopic (exact) mass is 647 g/mol. The number of likely N-dealkylation sites (tertiary alicyclic amines) is 1. The summed E-state index contributed by atoms with van der Waals surface area (Å²) >= 11 is 5.41. The molecule has 42 heavy (non-hydrogen) atoms. The van der Waals surface area contributed by atoms with Crippen molar-refractivity contribution in [2.75, 3.05) is 17.2 Å². The zero-order valence-electron chi connectivity index (χ0n) is 23.5. The number of aliphatic hydroxyl groups excluding tert-OH is 1. The largest absolute Gasteiger partial charge is 0.394 e. The topological polar surface area (TPSA) is 98.7 Å². The molecule has 1 spiro atoms. The Bertz CT molecular complexity index is 1490. The third kappa shape index (κ3) is 4.85. The molecule has 2 bridgehead atoms. The summed E-state index contributed by atoms with van der Waals surface area (Å²) in [4.78, 5) is 44.4. The van der Waals surface area contributed by atoms with E-state index in [0.717, 1.165) is 22.4 Å². The van der Waals surface area contributed by atoms with Crippen molar-refractivity contribution >= 4 is 56.8 Å². The van der Waals surface area contributed by atoms with E-state index in [1.165, 1.54) is 0 Å². The number of aliphatic hydroxyl groups is 1. The van der Waals surface area contributed by atoms with Crippen molar-refractivity contribution in [2.24, 2.45) is 11.8 Å². The van der Waals surface area contributed by atoms with E-state index < -0.39 is 28.7 Å². The lowest BCUT2D eigenvalue weighted by molar-refractivity contribution is -0.141. The first-order chi connectivity index (χ1) is 20.2. The number of nitrogens with one attached hydrogen (secondary N) is 2. The van der Waals surface area contributed by atoms with Crippen molar-refractivity contribution in [2.45, 2.75) is 53.6 Å². The molecule has 3 saturated heterocycles. The molecule has 3 fully saturated rings. The van der Waals surface area contributed by atoms with Crippen LogP contribution >= 0.6 is 27.7 Å². The average molecular weight is 649 g/mol. The van der Waals surface area contributed by atoms with Gasteiger partial charge in [0.1, 0.15) is 6.04 Å². The van der Waals surface area contributed by atoms with Gasteiger partial charge < -0.3 is 20.6 Å². The van der Waals surface area contributed by atoms with Gasteiger partial charge in [-0.15, -0.1) is 11.8 Å². The molecule has 3 aliphatic rings. The summed E-state index contributed by atoms with van der Waals surface area (Å²) in [5.41, 5.74) is 4.21. The maximum absolute atomic E-state index is 14.6. The van der Waals surface area contributed by atoms with Crippen LogP contribution < -0.4 is 10.6 Å². The second-order valence-corrected chi connectivity index (χ2v) is 14.3. The van der Waals surface area contributed by atoms with Crippen LogP contribution in [0.3, 0.4) is 0 Å². The third-order valence-electron chi connectivity index (χ3n) is 8.97. The number of thioether (sulfide) groups is 1. The van der Waals surface area contributed by atoms with Crippen molar-refractivity contribution in [3.05, 3.63) is 95.6 Å². The van der Waals surface area contributed by atoms with Crippen LogP contribution in [0.1, 0.15) is 23.1 Å². The number of carbonyl (C=O) groups excluding carboxylic acids is 3. The van der Waals surface area contributed by atoms with Gasteiger partial charge >= 0.3 is 0 Å². The number of nitrogens with zero attached hydrogens (tertiary/aromatic N) is 1. The molecule has 3 amide bonds. The van der Waals surface area contributed by atoms with Crippen LogP contribution in [0.5, 0.6) is 0 Å². The van der Waals surface area contributed by atoms with E-state index in [0.29, 0.717) is 18.5 Å². The van der Waals surface area contributed by atoms with E-state index in [1.54, 1.807) is 16.7 Å². The first-order valence-corrected chi connectivity index (χ1v) is 16.1. The molecule has 3 N–H and O–H groups in total. The highest BCUT2D eigenvalue weighted by Gasteiger charge is 2.76. The van der Waals surface area contributed by atoms with E-state index >= 15 is 0 Å². The third-order valence-corrected chi connectivity index (χ3v) is 12.2. The Morgan fingerprint density at radius 1 is 0.976 bits per heavy atom. The number of halogens is 1. The van der Waals surface area contributed by atoms with Gasteiger partial charge in [-0.1, -0.05) is 82.7 Å². The summed E-state index contributed by atoms with van der Waals surface area (Å²) in [7, 11) is 0. The molecule has 0 aliphatic carbocycles. The zero-order valence-corrected chi connectivity index (χ0v) is 25.9. The average Bonchev–Trinajstić information content (AvgIpc) is 3.58. The van der Waals surface area contributed by atoms with Crippen molar-refractivity contribution in [1.29, 1.82) is 0 Å². The number of alkyl halides is 1. The number of anilines is 2. The molecule has 3 aromatic carbocycles. The zero-order chi connectivity index (χ0) is 29.6. The molecular formula is C33H34BrN3O4S. The molecule has 0 radical (unpaired) electrons. The Kier molecular flexibility index (Phi) is 7.93. The maximum atomic E-state index is 14.6. The van der Waals surface area contributed by atoms with Crippen LogP contribution in [0.25, 0.3) is 0 Å². The fourth-order valence-corrected chi connectivity index (χ4v) is 10.7. The number of hydrogen-bond acceptors (Lipinski definition) is 5. The number of aryl methyl sites for hydroxylation is 2. The minimum atomic E-state index is -0.862. The van der Waals surface area contributed by atoms with Gasteiger partial charge in [0, 0.05) is 21.5 Å². The standard InChI is InChI=1S/C33H34BrN3O4S/c1-19-10-9-11-20(2)27(19)36-31(40)29-33-17-24(34)28(42-33)25(30(39)35-22-14-7-4-8-15-22)26(33)32(41)37(29)23(18-38)16-21-12-5-3-6-13-21/h3-15,23-26,28-29,38H,16-18H2,1-2H3,(H,35,39)(H,36,40)/t23-,24?,25+,26+,28+,29?,33?/m1/s1. The number of fused-ring (bicyclic) bond motifs is 1. The van der Waals surface area contributed by atoms with Crippen molar-refractivity contribution in [3.8, 4) is 0 Å². The molecule has 7 nitrogen and oxygen atoms in total. The molecule has 0 aromatic heterocycles. The van der Waals surface area contributed by atoms with Crippen molar-refractivity contribution in [1.82, 2.24) is 4.90 Å². The van der Waals surface area contributed by atoms with E-state index in [4.69, 9.17) is 0 Å². The van der Waals surface area contributed by atoms with Gasteiger partial charge in [0.25, 0.3) is 0 Å². The molecule has 7 atom stereocenters. The normalized spacial score (nSPS) is 28.4. The first-order valence-electron chi connectivity index (χ1n) is 14.3. The summed E-state index contributed by atoms with van der Waals surface area (Å²) in [6, 6.07) is 23.3. The summed E-state index contributed by atoms with van der Waals surface area (Å²) in [6.07, 6.45) is 0.963. The quantitative estimate of drug-likeness (QED) is 0.301. The van der Waals surface area contributed by atoms with Crippen molar-refractivity contribution in [3.63, 3.8) is 0 Å². The van der Waals surface area contributed by atoms with E-state index in [1.807, 2.05) is 92.7 Å². The van der Waals surface area contributed by atoms with Crippen LogP contribution in [-0.2, 0) is 20.8 Å². The van der Waals surface area contributed by atoms with Gasteiger partial charge in [-0.2, -0.15) is 0 Å². The molecule has 0 saturated carbocycles. The fraction of sp³-hybridized carbons (Fsp3) is 0.364. The maximum Gasteiger partial charge on any atom is 0.248 e. The molecule has 3 heterocycles. The van der Waals surface area contributed by atoms with Crippen LogP contribution in [0.15, 0.2) is 78.9 Å². The number of hydrogen-bond donors (Lipinski definition) is 3. The summed E-state index contributed by atoms with van der Waals surface area (Å²) < 4.78 is -0.820. The lowest BCUT2D eigenvalue weighted by Crippen LogP contribution is -2.55. The first kappa shape index (κ1) is 29.0. The second kappa shape index (κ2) is 11.5. The van der Waals surface area contributed by atoms with Gasteiger partial charge in [0.2, 0.25) is 17.7 Å². The number of benzene rings is 3. The number of para-hydroxylation sites is 2. The Balaban J connectivity index is 1.41. The molecule has 9 heteroatoms. The predicted molar refractivity (Wildman–Crippen MR) is 170 cm³/mol. The number of carbonyl (C=O) groups is 3. The van der Waals surface area contributed by atoms with Crippen LogP contribution in [0.2, 0.25) is 0 Å². The van der Waals surface area contributed by atoms with Crippen molar-refractivity contribution < 1.29 is 19.5 Å². The molecule has 3 aliphatic heterocycles. The van der Waals surface area contributed by atoms with Gasteiger partial charge in [0.05, 0.1) is 29.2 Å². The molecule has 3 unspecified atom stereocenters. The lowest BCUT2D eigenvalue weighted by atomic mass is 9.70. The summed E-state index contributed by atoms with van der Waals surface area (Å²) in [5, 5.41) is 16.7. The minimum Gasteiger partial charge on any atom is -0.394 e. The number of amides is 3. The van der Waals surface area contributed by atoms with Gasteiger partial charge in [-0.05, 0) is 55.5 Å². The Labute approximate surface area is 258 Å². The smallest absolute Gasteiger partial charge is 0.248 e. The van der Waals surface area contributed by atoms with Gasteiger partial charge in [-0.25, -0.2) is 0 Å². The fourth-order valence-electron chi connectivity index (χ4n) is 7.15. The van der Waals surface area contributed by atoms with Crippen LogP contribution in [0.4, 0.5) is 11.4 Å². The van der Waals surface area contributed by atoms with E-state index in [2.05, 4.69) is 26.6 Å². The second-order valence-electron chi connectivity index (χ2n) is 11.5. The van der Waals surface area contributed by atoms with Crippen LogP contribution in [0, 0.1) is 25.7 Å². The predicted octanol–water partition coefficient (Wildman–Crippen LogP) is 4.95. The van der Waals surface area contributed by atoms with Gasteiger partial charge in [-0.3, -0.25) is 14.4 Å². The van der Waals surface area contributed by atoms with Gasteiger partial charge in [0.15, 0.2) is 0 Å². The molecule has 218 valence electrons. The highest BCUT2D eigenvalue weighted by molar-refractivity contribution is 9.09. The Morgan fingerprint density at radius 2 is 1.62 bits per heavy atom. The van der Waals surface area contributed by atoms with E-state index in [9.17, 15) is 19.5 Å². The lowest BCUT2D eigenvalue weighted by Gasteiger charge is -2.37.